The summed E-state index contributed by atoms with van der Waals surface area (Å²) >= 11 is 0. The van der Waals surface area contributed by atoms with Crippen molar-refractivity contribution in [2.24, 2.45) is 0 Å². The number of hydrogen-bond acceptors (Lipinski definition) is 6. The van der Waals surface area contributed by atoms with Gasteiger partial charge in [-0.15, -0.1) is 0 Å². The highest BCUT2D eigenvalue weighted by Gasteiger charge is 1.66. The Balaban J connectivity index is 0. The van der Waals surface area contributed by atoms with Crippen LogP contribution in [0.1, 0.15) is 0 Å². The van der Waals surface area contributed by atoms with Crippen LogP contribution in [0.2, 0.25) is 0 Å². The summed E-state index contributed by atoms with van der Waals surface area (Å²) in [6, 6.07) is 0. The molecular formula is C2H6O6S2-2. The first-order valence-electron chi connectivity index (χ1n) is 1.82. The van der Waals surface area contributed by atoms with Gasteiger partial charge in [0.05, 0.1) is 20.2 Å². The molecule has 6 nitrogen and oxygen atoms in total. The largest absolute Gasteiger partial charge is 0.748 e. The van der Waals surface area contributed by atoms with Crippen LogP contribution in [0, 0.1) is 0 Å². The van der Waals surface area contributed by atoms with Gasteiger partial charge in [-0.1, -0.05) is 0 Å². The third-order valence-electron chi connectivity index (χ3n) is 0. The fraction of sp³-hybridized carbons (Fsp3) is 1.00. The Morgan fingerprint density at radius 2 is 0.800 bits per heavy atom. The summed E-state index contributed by atoms with van der Waals surface area (Å²) in [4.78, 5) is 0. The molecule has 10 heavy (non-hydrogen) atoms. The van der Waals surface area contributed by atoms with Crippen LogP contribution in [-0.2, 0) is 20.2 Å². The molecule has 0 aliphatic rings. The van der Waals surface area contributed by atoms with Gasteiger partial charge in [0, 0.05) is 12.5 Å². The Bertz CT molecular complexity index is 210. The van der Waals surface area contributed by atoms with Crippen molar-refractivity contribution < 1.29 is 25.9 Å². The second-order valence-corrected chi connectivity index (χ2v) is 4.22. The Kier molecular flexibility index (Phi) is 4.82. The molecule has 0 aliphatic carbocycles. The van der Waals surface area contributed by atoms with Gasteiger partial charge in [-0.2, -0.15) is 0 Å². The molecule has 0 bridgehead atoms. The molecule has 0 rings (SSSR count). The van der Waals surface area contributed by atoms with Crippen LogP contribution in [0.4, 0.5) is 0 Å². The molecule has 0 aromatic rings. The molecule has 0 unspecified atom stereocenters. The molecule has 0 atom stereocenters. The van der Waals surface area contributed by atoms with Gasteiger partial charge in [0.25, 0.3) is 0 Å². The first-order chi connectivity index (χ1) is 4.00. The maximum atomic E-state index is 9.08. The van der Waals surface area contributed by atoms with Gasteiger partial charge in [0.15, 0.2) is 0 Å². The molecule has 0 aromatic heterocycles. The zero-order chi connectivity index (χ0) is 9.00. The van der Waals surface area contributed by atoms with Crippen LogP contribution >= 0.6 is 0 Å². The topological polar surface area (TPSA) is 114 Å². The van der Waals surface area contributed by atoms with E-state index in [2.05, 4.69) is 0 Å². The monoisotopic (exact) mass is 190 g/mol. The first kappa shape index (κ1) is 12.5. The highest BCUT2D eigenvalue weighted by Crippen LogP contribution is 1.60. The van der Waals surface area contributed by atoms with Crippen LogP contribution in [0.15, 0.2) is 0 Å². The first-order valence-corrected chi connectivity index (χ1v) is 5.45. The lowest BCUT2D eigenvalue weighted by Crippen LogP contribution is -1.88. The minimum Gasteiger partial charge on any atom is -0.748 e. The van der Waals surface area contributed by atoms with Crippen molar-refractivity contribution in [1.82, 2.24) is 0 Å². The van der Waals surface area contributed by atoms with E-state index in [0.29, 0.717) is 12.5 Å². The molecule has 0 N–H and O–H groups in total. The molecule has 0 fully saturated rings. The predicted molar refractivity (Wildman–Crippen MR) is 31.2 cm³/mol. The Labute approximate surface area is 59.4 Å². The number of hydrogen-bond donors (Lipinski definition) is 0. The molecule has 8 heteroatoms. The molecule has 0 radical (unpaired) electrons. The molecule has 0 saturated heterocycles. The summed E-state index contributed by atoms with van der Waals surface area (Å²) in [5, 5.41) is 0. The third kappa shape index (κ3) is 11200. The average Bonchev–Trinajstić information content (AvgIpc) is 1.12. The SMILES string of the molecule is CS(=O)(=O)[O-].CS(=O)(=O)[O-]. The standard InChI is InChI=1S/2CH4O3S/c2*1-5(2,3)4/h2*1H3,(H,2,3,4)/p-2. The van der Waals surface area contributed by atoms with E-state index in [4.69, 9.17) is 25.9 Å². The van der Waals surface area contributed by atoms with Crippen molar-refractivity contribution in [2.75, 3.05) is 12.5 Å². The van der Waals surface area contributed by atoms with Gasteiger partial charge >= 0.3 is 0 Å². The lowest BCUT2D eigenvalue weighted by atomic mass is 12.0. The van der Waals surface area contributed by atoms with E-state index in [1.807, 2.05) is 0 Å². The van der Waals surface area contributed by atoms with E-state index in [-0.39, 0.29) is 0 Å². The van der Waals surface area contributed by atoms with Crippen LogP contribution in [0.25, 0.3) is 0 Å². The lowest BCUT2D eigenvalue weighted by molar-refractivity contribution is 0.468. The number of rotatable bonds is 0. The van der Waals surface area contributed by atoms with Gasteiger partial charge in [0.1, 0.15) is 0 Å². The summed E-state index contributed by atoms with van der Waals surface area (Å²) in [7, 11) is -7.83. The summed E-state index contributed by atoms with van der Waals surface area (Å²) < 4.78 is 54.5. The van der Waals surface area contributed by atoms with E-state index >= 15 is 0 Å². The lowest BCUT2D eigenvalue weighted by Gasteiger charge is -1.90. The predicted octanol–water partition coefficient (Wildman–Crippen LogP) is -1.68. The van der Waals surface area contributed by atoms with Crippen LogP contribution < -0.4 is 0 Å². The van der Waals surface area contributed by atoms with Crippen LogP contribution in [0.3, 0.4) is 0 Å². The van der Waals surface area contributed by atoms with Crippen molar-refractivity contribution in [3.63, 3.8) is 0 Å². The van der Waals surface area contributed by atoms with Gasteiger partial charge in [-0.05, 0) is 0 Å². The Morgan fingerprint density at radius 1 is 0.800 bits per heavy atom. The highest BCUT2D eigenvalue weighted by atomic mass is 32.2. The van der Waals surface area contributed by atoms with Gasteiger partial charge in [0.2, 0.25) is 0 Å². The van der Waals surface area contributed by atoms with E-state index in [1.54, 1.807) is 0 Å². The normalized spacial score (nSPS) is 11.6. The molecular weight excluding hydrogens is 184 g/mol. The van der Waals surface area contributed by atoms with Crippen molar-refractivity contribution in [2.45, 2.75) is 0 Å². The van der Waals surface area contributed by atoms with Crippen molar-refractivity contribution in [3.8, 4) is 0 Å². The second kappa shape index (κ2) is 3.86. The van der Waals surface area contributed by atoms with Crippen molar-refractivity contribution in [3.05, 3.63) is 0 Å². The molecule has 0 spiro atoms. The van der Waals surface area contributed by atoms with Gasteiger partial charge in [-0.25, -0.2) is 16.8 Å². The molecule has 0 saturated carbocycles. The maximum Gasteiger partial charge on any atom is 0.0916 e. The minimum absolute atomic E-state index is 0.604. The molecule has 0 amide bonds. The zero-order valence-electron chi connectivity index (χ0n) is 5.27. The zero-order valence-corrected chi connectivity index (χ0v) is 6.90. The fourth-order valence-corrected chi connectivity index (χ4v) is 0. The quantitative estimate of drug-likeness (QED) is 0.421. The average molecular weight is 190 g/mol. The van der Waals surface area contributed by atoms with Gasteiger partial charge < -0.3 is 9.11 Å². The van der Waals surface area contributed by atoms with Crippen LogP contribution in [-0.4, -0.2) is 38.5 Å². The molecule has 0 heterocycles. The van der Waals surface area contributed by atoms with E-state index < -0.39 is 20.2 Å². The summed E-state index contributed by atoms with van der Waals surface area (Å²) in [6.07, 6.45) is 1.21. The van der Waals surface area contributed by atoms with Gasteiger partial charge in [-0.3, -0.25) is 0 Å². The van der Waals surface area contributed by atoms with Crippen molar-refractivity contribution >= 4 is 20.2 Å². The summed E-state index contributed by atoms with van der Waals surface area (Å²) in [5.74, 6) is 0. The van der Waals surface area contributed by atoms with E-state index in [0.717, 1.165) is 0 Å². The summed E-state index contributed by atoms with van der Waals surface area (Å²) in [5.41, 5.74) is 0. The molecule has 0 aliphatic heterocycles. The van der Waals surface area contributed by atoms with E-state index in [1.165, 1.54) is 0 Å². The third-order valence-corrected chi connectivity index (χ3v) is 0. The Hall–Kier alpha value is -0.180. The Morgan fingerprint density at radius 3 is 0.800 bits per heavy atom. The van der Waals surface area contributed by atoms with Crippen molar-refractivity contribution in [1.29, 1.82) is 0 Å². The van der Waals surface area contributed by atoms with E-state index in [9.17, 15) is 0 Å². The summed E-state index contributed by atoms with van der Waals surface area (Å²) in [6.45, 7) is 0. The highest BCUT2D eigenvalue weighted by molar-refractivity contribution is 7.85. The maximum absolute atomic E-state index is 9.08. The molecule has 64 valence electrons. The van der Waals surface area contributed by atoms with Crippen LogP contribution in [0.5, 0.6) is 0 Å². The molecule has 0 aromatic carbocycles. The second-order valence-electron chi connectivity index (χ2n) is 1.41. The fourth-order valence-electron chi connectivity index (χ4n) is 0. The minimum atomic E-state index is -3.92. The smallest absolute Gasteiger partial charge is 0.0916 e.